The maximum atomic E-state index is 5.38. The van der Waals surface area contributed by atoms with Gasteiger partial charge in [0.05, 0.1) is 6.61 Å². The first-order valence-corrected chi connectivity index (χ1v) is 4.57. The summed E-state index contributed by atoms with van der Waals surface area (Å²) in [5, 5.41) is 0. The van der Waals surface area contributed by atoms with Gasteiger partial charge in [-0.15, -0.1) is 0 Å². The Kier molecular flexibility index (Phi) is 4.12. The Bertz CT molecular complexity index is 277. The first kappa shape index (κ1) is 10.7. The van der Waals surface area contributed by atoms with E-state index in [9.17, 15) is 0 Å². The number of aromatic nitrogens is 2. The zero-order valence-corrected chi connectivity index (χ0v) is 8.60. The number of anilines is 1. The van der Waals surface area contributed by atoms with Gasteiger partial charge in [-0.25, -0.2) is 4.98 Å². The first-order chi connectivity index (χ1) is 6.74. The summed E-state index contributed by atoms with van der Waals surface area (Å²) in [5.41, 5.74) is 5.35. The predicted octanol–water partition coefficient (Wildman–Crippen LogP) is 0.270. The van der Waals surface area contributed by atoms with Crippen LogP contribution in [0.4, 0.5) is 5.95 Å². The lowest BCUT2D eigenvalue weighted by Crippen LogP contribution is -2.13. The van der Waals surface area contributed by atoms with E-state index < -0.39 is 0 Å². The van der Waals surface area contributed by atoms with Crippen molar-refractivity contribution in [2.75, 3.05) is 32.1 Å². The maximum absolute atomic E-state index is 5.38. The molecule has 1 aromatic rings. The van der Waals surface area contributed by atoms with Crippen LogP contribution in [0.5, 0.6) is 5.88 Å². The summed E-state index contributed by atoms with van der Waals surface area (Å²) in [4.78, 5) is 10.1. The molecule has 0 amide bonds. The number of nitrogens with two attached hydrogens (primary N) is 1. The molecule has 0 aliphatic heterocycles. The van der Waals surface area contributed by atoms with Gasteiger partial charge in [0.25, 0.3) is 0 Å². The molecule has 0 atom stereocenters. The number of hydrogen-bond donors (Lipinski definition) is 1. The molecule has 0 fully saturated rings. The van der Waals surface area contributed by atoms with Crippen molar-refractivity contribution in [2.45, 2.75) is 6.42 Å². The zero-order chi connectivity index (χ0) is 10.4. The third kappa shape index (κ3) is 3.18. The van der Waals surface area contributed by atoms with E-state index >= 15 is 0 Å². The second kappa shape index (κ2) is 5.39. The van der Waals surface area contributed by atoms with Gasteiger partial charge in [0.2, 0.25) is 11.8 Å². The van der Waals surface area contributed by atoms with Gasteiger partial charge in [-0.05, 0) is 13.0 Å². The van der Waals surface area contributed by atoms with Gasteiger partial charge in [-0.3, -0.25) is 0 Å². The van der Waals surface area contributed by atoms with Gasteiger partial charge in [0, 0.05) is 26.4 Å². The Morgan fingerprint density at radius 3 is 2.93 bits per heavy atom. The van der Waals surface area contributed by atoms with Crippen LogP contribution in [-0.4, -0.2) is 37.2 Å². The van der Waals surface area contributed by atoms with E-state index in [4.69, 9.17) is 10.5 Å². The van der Waals surface area contributed by atoms with Crippen molar-refractivity contribution in [3.63, 3.8) is 0 Å². The van der Waals surface area contributed by atoms with E-state index in [1.165, 1.54) is 0 Å². The molecule has 5 nitrogen and oxygen atoms in total. The zero-order valence-electron chi connectivity index (χ0n) is 8.60. The van der Waals surface area contributed by atoms with E-state index in [1.54, 1.807) is 12.3 Å². The topological polar surface area (TPSA) is 64.3 Å². The second-order valence-electron chi connectivity index (χ2n) is 3.08. The van der Waals surface area contributed by atoms with E-state index in [0.29, 0.717) is 25.0 Å². The standard InChI is InChI=1S/C9H16N4O/c1-13(2)9-11-6-4-8(12-9)14-7-3-5-10/h4,6H,3,5,7,10H2,1-2H3. The Hall–Kier alpha value is -1.36. The Labute approximate surface area is 83.9 Å². The van der Waals surface area contributed by atoms with E-state index in [0.717, 1.165) is 6.42 Å². The molecule has 0 saturated heterocycles. The Morgan fingerprint density at radius 1 is 1.50 bits per heavy atom. The number of ether oxygens (including phenoxy) is 1. The fourth-order valence-electron chi connectivity index (χ4n) is 0.888. The second-order valence-corrected chi connectivity index (χ2v) is 3.08. The van der Waals surface area contributed by atoms with E-state index in [1.807, 2.05) is 19.0 Å². The SMILES string of the molecule is CN(C)c1nccc(OCCCN)n1. The van der Waals surface area contributed by atoms with Gasteiger partial charge in [-0.2, -0.15) is 4.98 Å². The number of nitrogens with zero attached hydrogens (tertiary/aromatic N) is 3. The minimum atomic E-state index is 0.595. The largest absolute Gasteiger partial charge is 0.477 e. The highest BCUT2D eigenvalue weighted by atomic mass is 16.5. The van der Waals surface area contributed by atoms with E-state index in [-0.39, 0.29) is 0 Å². The van der Waals surface area contributed by atoms with Crippen molar-refractivity contribution < 1.29 is 4.74 Å². The lowest BCUT2D eigenvalue weighted by atomic mass is 10.5. The van der Waals surface area contributed by atoms with Crippen LogP contribution < -0.4 is 15.4 Å². The molecule has 1 heterocycles. The molecule has 2 N–H and O–H groups in total. The van der Waals surface area contributed by atoms with Gasteiger partial charge < -0.3 is 15.4 Å². The van der Waals surface area contributed by atoms with Crippen LogP contribution in [0.1, 0.15) is 6.42 Å². The third-order valence-electron chi connectivity index (χ3n) is 1.62. The summed E-state index contributed by atoms with van der Waals surface area (Å²) in [7, 11) is 3.78. The van der Waals surface area contributed by atoms with Crippen LogP contribution >= 0.6 is 0 Å². The Morgan fingerprint density at radius 2 is 2.29 bits per heavy atom. The minimum absolute atomic E-state index is 0.595. The summed E-state index contributed by atoms with van der Waals surface area (Å²) in [5.74, 6) is 1.24. The fraction of sp³-hybridized carbons (Fsp3) is 0.556. The summed E-state index contributed by atoms with van der Waals surface area (Å²) in [6.45, 7) is 1.23. The highest BCUT2D eigenvalue weighted by molar-refractivity contribution is 5.29. The van der Waals surface area contributed by atoms with Crippen LogP contribution in [0.2, 0.25) is 0 Å². The van der Waals surface area contributed by atoms with Crippen LogP contribution in [0.15, 0.2) is 12.3 Å². The molecule has 1 aromatic heterocycles. The molecule has 0 aromatic carbocycles. The van der Waals surface area contributed by atoms with Crippen molar-refractivity contribution in [3.8, 4) is 5.88 Å². The number of hydrogen-bond acceptors (Lipinski definition) is 5. The van der Waals surface area contributed by atoms with Crippen LogP contribution in [-0.2, 0) is 0 Å². The molecule has 0 unspecified atom stereocenters. The molecular formula is C9H16N4O. The van der Waals surface area contributed by atoms with Crippen molar-refractivity contribution in [2.24, 2.45) is 5.73 Å². The van der Waals surface area contributed by atoms with Gasteiger partial charge in [-0.1, -0.05) is 0 Å². The molecule has 78 valence electrons. The van der Waals surface area contributed by atoms with Crippen LogP contribution in [0.3, 0.4) is 0 Å². The molecule has 5 heteroatoms. The monoisotopic (exact) mass is 196 g/mol. The van der Waals surface area contributed by atoms with Crippen molar-refractivity contribution >= 4 is 5.95 Å². The summed E-state index contributed by atoms with van der Waals surface area (Å²) >= 11 is 0. The summed E-state index contributed by atoms with van der Waals surface area (Å²) in [6.07, 6.45) is 2.52. The van der Waals surface area contributed by atoms with Gasteiger partial charge in [0.15, 0.2) is 0 Å². The Balaban J connectivity index is 2.55. The summed E-state index contributed by atoms with van der Waals surface area (Å²) < 4.78 is 5.38. The van der Waals surface area contributed by atoms with E-state index in [2.05, 4.69) is 9.97 Å². The molecule has 1 rings (SSSR count). The average Bonchev–Trinajstić information content (AvgIpc) is 2.19. The molecule has 0 spiro atoms. The molecule has 0 bridgehead atoms. The van der Waals surface area contributed by atoms with Crippen LogP contribution in [0.25, 0.3) is 0 Å². The highest BCUT2D eigenvalue weighted by Crippen LogP contribution is 2.09. The third-order valence-corrected chi connectivity index (χ3v) is 1.62. The predicted molar refractivity (Wildman–Crippen MR) is 55.5 cm³/mol. The van der Waals surface area contributed by atoms with Gasteiger partial charge in [0.1, 0.15) is 0 Å². The average molecular weight is 196 g/mol. The van der Waals surface area contributed by atoms with Gasteiger partial charge >= 0.3 is 0 Å². The minimum Gasteiger partial charge on any atom is -0.477 e. The quantitative estimate of drug-likeness (QED) is 0.685. The van der Waals surface area contributed by atoms with Crippen molar-refractivity contribution in [1.29, 1.82) is 0 Å². The molecule has 0 aliphatic rings. The van der Waals surface area contributed by atoms with Crippen molar-refractivity contribution in [1.82, 2.24) is 9.97 Å². The maximum Gasteiger partial charge on any atom is 0.228 e. The molecular weight excluding hydrogens is 180 g/mol. The molecule has 0 aliphatic carbocycles. The summed E-state index contributed by atoms with van der Waals surface area (Å²) in [6, 6.07) is 1.74. The fourth-order valence-corrected chi connectivity index (χ4v) is 0.888. The molecule has 0 saturated carbocycles. The normalized spacial score (nSPS) is 9.93. The van der Waals surface area contributed by atoms with Crippen LogP contribution in [0, 0.1) is 0 Å². The lowest BCUT2D eigenvalue weighted by molar-refractivity contribution is 0.301. The number of rotatable bonds is 5. The smallest absolute Gasteiger partial charge is 0.228 e. The first-order valence-electron chi connectivity index (χ1n) is 4.57. The highest BCUT2D eigenvalue weighted by Gasteiger charge is 2.00. The van der Waals surface area contributed by atoms with Crippen molar-refractivity contribution in [3.05, 3.63) is 12.3 Å². The molecule has 14 heavy (non-hydrogen) atoms. The molecule has 0 radical (unpaired) electrons. The lowest BCUT2D eigenvalue weighted by Gasteiger charge is -2.10.